The molecule has 1 heterocycles. The van der Waals surface area contributed by atoms with Gasteiger partial charge in [-0.1, -0.05) is 30.3 Å². The van der Waals surface area contributed by atoms with Crippen molar-refractivity contribution in [2.45, 2.75) is 25.8 Å². The minimum atomic E-state index is -1.07. The number of benzene rings is 1. The van der Waals surface area contributed by atoms with Crippen LogP contribution in [0.4, 0.5) is 5.69 Å². The third kappa shape index (κ3) is 5.10. The molecule has 0 unspecified atom stereocenters. The SMILES string of the molecule is O=C([O-])CCCn1cc(NC(=O)Cc2ccccc2)cn1. The van der Waals surface area contributed by atoms with Gasteiger partial charge in [-0.05, 0) is 18.4 Å². The van der Waals surface area contributed by atoms with Crippen LogP contribution in [0, 0.1) is 0 Å². The number of nitrogens with one attached hydrogen (secondary N) is 1. The zero-order chi connectivity index (χ0) is 15.1. The maximum Gasteiger partial charge on any atom is 0.228 e. The Bertz CT molecular complexity index is 608. The van der Waals surface area contributed by atoms with E-state index >= 15 is 0 Å². The van der Waals surface area contributed by atoms with Crippen molar-refractivity contribution in [3.05, 3.63) is 48.3 Å². The van der Waals surface area contributed by atoms with Crippen LogP contribution >= 0.6 is 0 Å². The number of aryl methyl sites for hydroxylation is 1. The van der Waals surface area contributed by atoms with E-state index in [9.17, 15) is 14.7 Å². The van der Waals surface area contributed by atoms with Gasteiger partial charge in [0.1, 0.15) is 0 Å². The minimum Gasteiger partial charge on any atom is -0.550 e. The van der Waals surface area contributed by atoms with Crippen LogP contribution in [0.15, 0.2) is 42.7 Å². The highest BCUT2D eigenvalue weighted by Gasteiger charge is 2.05. The van der Waals surface area contributed by atoms with Crippen LogP contribution in [0.2, 0.25) is 0 Å². The molecule has 1 amide bonds. The van der Waals surface area contributed by atoms with Crippen molar-refractivity contribution in [2.75, 3.05) is 5.32 Å². The number of aromatic nitrogens is 2. The minimum absolute atomic E-state index is 0.00441. The first-order valence-corrected chi connectivity index (χ1v) is 6.69. The number of nitrogens with zero attached hydrogens (tertiary/aromatic N) is 2. The molecule has 0 radical (unpaired) electrons. The highest BCUT2D eigenvalue weighted by atomic mass is 16.4. The normalized spacial score (nSPS) is 10.3. The maximum atomic E-state index is 11.9. The van der Waals surface area contributed by atoms with E-state index in [2.05, 4.69) is 10.4 Å². The number of hydrogen-bond donors (Lipinski definition) is 1. The third-order valence-electron chi connectivity index (χ3n) is 2.89. The Labute approximate surface area is 122 Å². The molecule has 1 aromatic carbocycles. The summed E-state index contributed by atoms with van der Waals surface area (Å²) in [5.41, 5.74) is 1.54. The summed E-state index contributed by atoms with van der Waals surface area (Å²) in [7, 11) is 0. The second-order valence-corrected chi connectivity index (χ2v) is 4.68. The molecule has 0 atom stereocenters. The molecule has 6 nitrogen and oxygen atoms in total. The van der Waals surface area contributed by atoms with E-state index in [1.807, 2.05) is 30.3 Å². The van der Waals surface area contributed by atoms with Gasteiger partial charge in [-0.2, -0.15) is 5.10 Å². The number of hydrogen-bond acceptors (Lipinski definition) is 4. The molecule has 6 heteroatoms. The Morgan fingerprint density at radius 1 is 1.24 bits per heavy atom. The van der Waals surface area contributed by atoms with Crippen LogP contribution < -0.4 is 10.4 Å². The molecule has 0 aliphatic heterocycles. The molecule has 2 rings (SSSR count). The monoisotopic (exact) mass is 286 g/mol. The summed E-state index contributed by atoms with van der Waals surface area (Å²) in [6, 6.07) is 9.46. The second kappa shape index (κ2) is 7.23. The lowest BCUT2D eigenvalue weighted by Gasteiger charge is -2.03. The third-order valence-corrected chi connectivity index (χ3v) is 2.89. The first kappa shape index (κ1) is 14.8. The molecule has 1 N–H and O–H groups in total. The predicted octanol–water partition coefficient (Wildman–Crippen LogP) is 0.594. The van der Waals surface area contributed by atoms with E-state index in [1.165, 1.54) is 0 Å². The number of amides is 1. The van der Waals surface area contributed by atoms with Crippen LogP contribution in [0.25, 0.3) is 0 Å². The van der Waals surface area contributed by atoms with Crippen molar-refractivity contribution in [1.82, 2.24) is 9.78 Å². The molecule has 1 aromatic heterocycles. The molecule has 110 valence electrons. The van der Waals surface area contributed by atoms with Crippen LogP contribution in [-0.2, 0) is 22.6 Å². The number of aliphatic carboxylic acids is 1. The van der Waals surface area contributed by atoms with Gasteiger partial charge in [0.25, 0.3) is 0 Å². The van der Waals surface area contributed by atoms with E-state index < -0.39 is 5.97 Å². The van der Waals surface area contributed by atoms with Crippen molar-refractivity contribution in [3.8, 4) is 0 Å². The van der Waals surface area contributed by atoms with Gasteiger partial charge in [0, 0.05) is 18.7 Å². The molecule has 0 saturated carbocycles. The number of carboxylic acid groups (broad SMARTS) is 1. The Hall–Kier alpha value is -2.63. The molecule has 0 aliphatic rings. The van der Waals surface area contributed by atoms with E-state index in [-0.39, 0.29) is 12.3 Å². The summed E-state index contributed by atoms with van der Waals surface area (Å²) in [5, 5.41) is 17.1. The number of anilines is 1. The molecule has 0 bridgehead atoms. The maximum absolute atomic E-state index is 11.9. The van der Waals surface area contributed by atoms with Crippen molar-refractivity contribution >= 4 is 17.6 Å². The lowest BCUT2D eigenvalue weighted by atomic mass is 10.1. The van der Waals surface area contributed by atoms with E-state index in [1.54, 1.807) is 17.1 Å². The Kier molecular flexibility index (Phi) is 5.09. The molecule has 0 saturated heterocycles. The van der Waals surface area contributed by atoms with Gasteiger partial charge in [0.2, 0.25) is 5.91 Å². The summed E-state index contributed by atoms with van der Waals surface area (Å²) < 4.78 is 1.60. The second-order valence-electron chi connectivity index (χ2n) is 4.68. The largest absolute Gasteiger partial charge is 0.550 e. The Balaban J connectivity index is 1.81. The quantitative estimate of drug-likeness (QED) is 0.807. The zero-order valence-electron chi connectivity index (χ0n) is 11.5. The van der Waals surface area contributed by atoms with Gasteiger partial charge >= 0.3 is 0 Å². The van der Waals surface area contributed by atoms with Gasteiger partial charge in [0.05, 0.1) is 18.3 Å². The van der Waals surface area contributed by atoms with Gasteiger partial charge in [-0.3, -0.25) is 9.48 Å². The smallest absolute Gasteiger partial charge is 0.228 e. The fraction of sp³-hybridized carbons (Fsp3) is 0.267. The summed E-state index contributed by atoms with van der Waals surface area (Å²) in [6.07, 6.45) is 3.97. The molecular formula is C15H16N3O3-. The molecule has 0 spiro atoms. The van der Waals surface area contributed by atoms with Crippen LogP contribution in [0.3, 0.4) is 0 Å². The summed E-state index contributed by atoms with van der Waals surface area (Å²) >= 11 is 0. The number of carbonyl (C=O) groups excluding carboxylic acids is 2. The number of rotatable bonds is 7. The highest BCUT2D eigenvalue weighted by Crippen LogP contribution is 2.08. The topological polar surface area (TPSA) is 87.0 Å². The molecular weight excluding hydrogens is 270 g/mol. The van der Waals surface area contributed by atoms with E-state index in [4.69, 9.17) is 0 Å². The first-order chi connectivity index (χ1) is 10.1. The van der Waals surface area contributed by atoms with Crippen LogP contribution in [-0.4, -0.2) is 21.7 Å². The Morgan fingerprint density at radius 3 is 2.71 bits per heavy atom. The summed E-state index contributed by atoms with van der Waals surface area (Å²) in [4.78, 5) is 22.2. The highest BCUT2D eigenvalue weighted by molar-refractivity contribution is 5.91. The van der Waals surface area contributed by atoms with Crippen LogP contribution in [0.5, 0.6) is 0 Å². The fourth-order valence-corrected chi connectivity index (χ4v) is 1.92. The lowest BCUT2D eigenvalue weighted by molar-refractivity contribution is -0.305. The molecule has 2 aromatic rings. The lowest BCUT2D eigenvalue weighted by Crippen LogP contribution is -2.22. The van der Waals surface area contributed by atoms with Crippen molar-refractivity contribution in [2.24, 2.45) is 0 Å². The van der Waals surface area contributed by atoms with E-state index in [0.717, 1.165) is 5.56 Å². The first-order valence-electron chi connectivity index (χ1n) is 6.69. The average Bonchev–Trinajstić information content (AvgIpc) is 2.86. The van der Waals surface area contributed by atoms with Crippen molar-refractivity contribution in [3.63, 3.8) is 0 Å². The van der Waals surface area contributed by atoms with E-state index in [0.29, 0.717) is 25.1 Å². The van der Waals surface area contributed by atoms with Gasteiger partial charge < -0.3 is 15.2 Å². The van der Waals surface area contributed by atoms with Gasteiger partial charge in [-0.25, -0.2) is 0 Å². The number of carbonyl (C=O) groups is 2. The molecule has 0 fully saturated rings. The molecule has 21 heavy (non-hydrogen) atoms. The van der Waals surface area contributed by atoms with Crippen molar-refractivity contribution in [1.29, 1.82) is 0 Å². The standard InChI is InChI=1S/C15H17N3O3/c19-14(9-12-5-2-1-3-6-12)17-13-10-16-18(11-13)8-4-7-15(20)21/h1-3,5-6,10-11H,4,7-9H2,(H,17,19)(H,20,21)/p-1. The summed E-state index contributed by atoms with van der Waals surface area (Å²) in [5.74, 6) is -1.19. The zero-order valence-corrected chi connectivity index (χ0v) is 11.5. The van der Waals surface area contributed by atoms with Crippen molar-refractivity contribution < 1.29 is 14.7 Å². The summed E-state index contributed by atoms with van der Waals surface area (Å²) in [6.45, 7) is 0.475. The van der Waals surface area contributed by atoms with Gasteiger partial charge in [0.15, 0.2) is 0 Å². The van der Waals surface area contributed by atoms with Crippen LogP contribution in [0.1, 0.15) is 18.4 Å². The number of carboxylic acids is 1. The Morgan fingerprint density at radius 2 is 2.00 bits per heavy atom. The van der Waals surface area contributed by atoms with Gasteiger partial charge in [-0.15, -0.1) is 0 Å². The molecule has 0 aliphatic carbocycles. The predicted molar refractivity (Wildman–Crippen MR) is 75.2 cm³/mol. The average molecular weight is 286 g/mol. The fourth-order valence-electron chi connectivity index (χ4n) is 1.92.